The van der Waals surface area contributed by atoms with Crippen molar-refractivity contribution in [2.75, 3.05) is 0 Å². The first kappa shape index (κ1) is 39.8. The lowest BCUT2D eigenvalue weighted by Gasteiger charge is -2.28. The predicted octanol–water partition coefficient (Wildman–Crippen LogP) is 12.9. The quantitative estimate of drug-likeness (QED) is 0.168. The van der Waals surface area contributed by atoms with Crippen LogP contribution in [0, 0.1) is 13.8 Å². The van der Waals surface area contributed by atoms with Crippen molar-refractivity contribution in [2.24, 2.45) is 9.98 Å². The molecule has 0 aromatic heterocycles. The van der Waals surface area contributed by atoms with Crippen LogP contribution in [0.4, 0.5) is 0 Å². The average molecular weight is 659 g/mol. The van der Waals surface area contributed by atoms with E-state index in [1.165, 1.54) is 73.6 Å². The van der Waals surface area contributed by atoms with Crippen molar-refractivity contribution in [1.29, 1.82) is 0 Å². The van der Waals surface area contributed by atoms with E-state index in [-0.39, 0.29) is 23.3 Å². The number of rotatable bonds is 16. The molecule has 0 N–H and O–H groups in total. The van der Waals surface area contributed by atoms with Crippen LogP contribution in [-0.4, -0.2) is 35.7 Å². The van der Waals surface area contributed by atoms with Gasteiger partial charge in [0.05, 0.1) is 12.1 Å². The molecule has 2 atom stereocenters. The summed E-state index contributed by atoms with van der Waals surface area (Å²) in [7, 11) is 0. The molecule has 1 saturated carbocycles. The van der Waals surface area contributed by atoms with Crippen LogP contribution in [-0.2, 0) is 0 Å². The van der Waals surface area contributed by atoms with Crippen LogP contribution in [0.1, 0.15) is 192 Å². The highest BCUT2D eigenvalue weighted by atomic mass is 16.5. The SMILES string of the molecule is CCCCC(CCCC)c1cc(C)c(OC(C)(C)C)c(C=NC2CCCCC2N=Cc2cc(C(CC)CC)cc(C)c2OC(C)(C)C)c1. The molecule has 0 radical (unpaired) electrons. The molecule has 1 aliphatic carbocycles. The van der Waals surface area contributed by atoms with Gasteiger partial charge >= 0.3 is 0 Å². The lowest BCUT2D eigenvalue weighted by molar-refractivity contribution is 0.129. The molecule has 0 bridgehead atoms. The van der Waals surface area contributed by atoms with E-state index in [2.05, 4.69) is 120 Å². The molecule has 4 nitrogen and oxygen atoms in total. The molecule has 0 saturated heterocycles. The van der Waals surface area contributed by atoms with E-state index in [1.807, 2.05) is 0 Å². The zero-order valence-corrected chi connectivity index (χ0v) is 33.0. The first-order valence-corrected chi connectivity index (χ1v) is 19.4. The number of hydrogen-bond acceptors (Lipinski definition) is 4. The molecular formula is C44H70N2O2. The Morgan fingerprint density at radius 3 is 1.40 bits per heavy atom. The van der Waals surface area contributed by atoms with Gasteiger partial charge in [-0.15, -0.1) is 0 Å². The van der Waals surface area contributed by atoms with Gasteiger partial charge in [-0.3, -0.25) is 9.98 Å². The molecular weight excluding hydrogens is 588 g/mol. The monoisotopic (exact) mass is 659 g/mol. The Bertz CT molecular complexity index is 1330. The first-order chi connectivity index (χ1) is 22.7. The van der Waals surface area contributed by atoms with Crippen LogP contribution in [0.3, 0.4) is 0 Å². The Labute approximate surface area is 295 Å². The molecule has 2 aromatic rings. The fraction of sp³-hybridized carbons (Fsp3) is 0.682. The maximum Gasteiger partial charge on any atom is 0.131 e. The highest BCUT2D eigenvalue weighted by molar-refractivity contribution is 5.86. The van der Waals surface area contributed by atoms with Crippen LogP contribution in [0.15, 0.2) is 34.3 Å². The largest absolute Gasteiger partial charge is 0.487 e. The summed E-state index contributed by atoms with van der Waals surface area (Å²) in [5, 5.41) is 0. The maximum absolute atomic E-state index is 6.61. The summed E-state index contributed by atoms with van der Waals surface area (Å²) in [6.07, 6.45) is 18.5. The summed E-state index contributed by atoms with van der Waals surface area (Å²) < 4.78 is 13.2. The Kier molecular flexibility index (Phi) is 15.3. The van der Waals surface area contributed by atoms with E-state index in [0.29, 0.717) is 11.8 Å². The molecule has 1 fully saturated rings. The van der Waals surface area contributed by atoms with Crippen LogP contribution in [0.5, 0.6) is 11.5 Å². The smallest absolute Gasteiger partial charge is 0.131 e. The van der Waals surface area contributed by atoms with E-state index in [1.54, 1.807) is 0 Å². The van der Waals surface area contributed by atoms with Crippen LogP contribution < -0.4 is 9.47 Å². The van der Waals surface area contributed by atoms with Gasteiger partial charge in [0, 0.05) is 23.6 Å². The number of aryl methyl sites for hydroxylation is 2. The summed E-state index contributed by atoms with van der Waals surface area (Å²) in [5.74, 6) is 3.04. The molecule has 0 aliphatic heterocycles. The Morgan fingerprint density at radius 2 is 1.04 bits per heavy atom. The lowest BCUT2D eigenvalue weighted by atomic mass is 9.87. The van der Waals surface area contributed by atoms with E-state index in [0.717, 1.165) is 48.3 Å². The second kappa shape index (κ2) is 18.4. The third-order valence-electron chi connectivity index (χ3n) is 9.71. The molecule has 3 rings (SSSR count). The van der Waals surface area contributed by atoms with Gasteiger partial charge in [0.2, 0.25) is 0 Å². The maximum atomic E-state index is 6.61. The van der Waals surface area contributed by atoms with E-state index >= 15 is 0 Å². The number of hydrogen-bond donors (Lipinski definition) is 0. The van der Waals surface area contributed by atoms with Gasteiger partial charge in [0.15, 0.2) is 0 Å². The van der Waals surface area contributed by atoms with Crippen molar-refractivity contribution in [3.63, 3.8) is 0 Å². The molecule has 48 heavy (non-hydrogen) atoms. The molecule has 4 heteroatoms. The van der Waals surface area contributed by atoms with Crippen molar-refractivity contribution in [2.45, 2.75) is 195 Å². The second-order valence-electron chi connectivity index (χ2n) is 16.4. The lowest BCUT2D eigenvalue weighted by Crippen LogP contribution is -2.28. The van der Waals surface area contributed by atoms with E-state index in [9.17, 15) is 0 Å². The van der Waals surface area contributed by atoms with Crippen molar-refractivity contribution < 1.29 is 9.47 Å². The third kappa shape index (κ3) is 12.1. The zero-order valence-electron chi connectivity index (χ0n) is 33.0. The predicted molar refractivity (Wildman–Crippen MR) is 209 cm³/mol. The molecule has 0 spiro atoms. The highest BCUT2D eigenvalue weighted by Crippen LogP contribution is 2.36. The fourth-order valence-electron chi connectivity index (χ4n) is 7.14. The van der Waals surface area contributed by atoms with E-state index < -0.39 is 0 Å². The van der Waals surface area contributed by atoms with Crippen LogP contribution in [0.2, 0.25) is 0 Å². The van der Waals surface area contributed by atoms with Gasteiger partial charge < -0.3 is 9.47 Å². The Hall–Kier alpha value is -2.62. The average Bonchev–Trinajstić information content (AvgIpc) is 3.01. The summed E-state index contributed by atoms with van der Waals surface area (Å²) in [4.78, 5) is 10.6. The molecule has 268 valence electrons. The van der Waals surface area contributed by atoms with Crippen molar-refractivity contribution in [3.05, 3.63) is 57.6 Å². The van der Waals surface area contributed by atoms with Crippen molar-refractivity contribution in [3.8, 4) is 11.5 Å². The summed E-state index contributed by atoms with van der Waals surface area (Å²) >= 11 is 0. The molecule has 2 aromatic carbocycles. The fourth-order valence-corrected chi connectivity index (χ4v) is 7.14. The minimum Gasteiger partial charge on any atom is -0.487 e. The minimum absolute atomic E-state index is 0.146. The Morgan fingerprint density at radius 1 is 0.646 bits per heavy atom. The van der Waals surface area contributed by atoms with Gasteiger partial charge in [0.1, 0.15) is 22.7 Å². The van der Waals surface area contributed by atoms with Gasteiger partial charge in [0.25, 0.3) is 0 Å². The zero-order chi connectivity index (χ0) is 35.5. The standard InChI is InChI=1S/C44H70N2O2/c1-13-17-21-34(22-18-14-2)36-26-32(6)42(48-44(10,11)12)38(28-36)30-46-40-24-20-19-23-39(40)45-29-37-27-35(33(15-3)16-4)25-31(5)41(37)47-43(7,8)9/h25-30,33-34,39-40H,13-24H2,1-12H3. The van der Waals surface area contributed by atoms with Gasteiger partial charge in [-0.1, -0.05) is 78.4 Å². The summed E-state index contributed by atoms with van der Waals surface area (Å²) in [6, 6.07) is 9.72. The molecule has 1 aliphatic rings. The van der Waals surface area contributed by atoms with Gasteiger partial charge in [-0.05, 0) is 140 Å². The molecule has 0 amide bonds. The first-order valence-electron chi connectivity index (χ1n) is 19.4. The van der Waals surface area contributed by atoms with Crippen molar-refractivity contribution in [1.82, 2.24) is 0 Å². The highest BCUT2D eigenvalue weighted by Gasteiger charge is 2.26. The summed E-state index contributed by atoms with van der Waals surface area (Å²) in [5.41, 5.74) is 6.85. The number of ether oxygens (including phenoxy) is 2. The number of nitrogens with zero attached hydrogens (tertiary/aromatic N) is 2. The van der Waals surface area contributed by atoms with Gasteiger partial charge in [-0.2, -0.15) is 0 Å². The normalized spacial score (nSPS) is 17.7. The molecule has 2 unspecified atom stereocenters. The number of benzene rings is 2. The number of unbranched alkanes of at least 4 members (excludes halogenated alkanes) is 2. The third-order valence-corrected chi connectivity index (χ3v) is 9.71. The second-order valence-corrected chi connectivity index (χ2v) is 16.4. The van der Waals surface area contributed by atoms with Crippen LogP contribution >= 0.6 is 0 Å². The Balaban J connectivity index is 2.02. The number of aliphatic imine (C=N–C) groups is 2. The summed E-state index contributed by atoms with van der Waals surface area (Å²) in [6.45, 7) is 26.3. The van der Waals surface area contributed by atoms with Gasteiger partial charge in [-0.25, -0.2) is 0 Å². The van der Waals surface area contributed by atoms with E-state index in [4.69, 9.17) is 19.5 Å². The molecule has 0 heterocycles. The topological polar surface area (TPSA) is 43.2 Å². The minimum atomic E-state index is -0.287. The van der Waals surface area contributed by atoms with Crippen molar-refractivity contribution >= 4 is 12.4 Å². The van der Waals surface area contributed by atoms with Crippen LogP contribution in [0.25, 0.3) is 0 Å².